The third-order valence-electron chi connectivity index (χ3n) is 5.47. The molecule has 1 aromatic carbocycles. The SMILES string of the molecule is CCNC(=NCC(=O)N1CCc2ccccc21)NC1CCN(c2ncccc2F)C1. The summed E-state index contributed by atoms with van der Waals surface area (Å²) in [6.07, 6.45) is 3.33. The van der Waals surface area contributed by atoms with Crippen molar-refractivity contribution in [2.45, 2.75) is 25.8 Å². The molecule has 158 valence electrons. The number of pyridine rings is 1. The fourth-order valence-corrected chi connectivity index (χ4v) is 4.02. The smallest absolute Gasteiger partial charge is 0.248 e. The lowest BCUT2D eigenvalue weighted by atomic mass is 10.2. The Hall–Kier alpha value is -3.16. The summed E-state index contributed by atoms with van der Waals surface area (Å²) in [6.45, 7) is 4.80. The van der Waals surface area contributed by atoms with Crippen LogP contribution in [0.3, 0.4) is 0 Å². The van der Waals surface area contributed by atoms with E-state index in [1.165, 1.54) is 11.6 Å². The van der Waals surface area contributed by atoms with Crippen molar-refractivity contribution in [3.05, 3.63) is 54.0 Å². The molecule has 1 amide bonds. The van der Waals surface area contributed by atoms with Crippen LogP contribution in [0, 0.1) is 5.82 Å². The molecule has 1 fully saturated rings. The quantitative estimate of drug-likeness (QED) is 0.582. The number of anilines is 2. The molecule has 0 radical (unpaired) electrons. The molecule has 1 unspecified atom stereocenters. The minimum atomic E-state index is -0.310. The van der Waals surface area contributed by atoms with Crippen LogP contribution < -0.4 is 20.4 Å². The number of hydrogen-bond donors (Lipinski definition) is 2. The van der Waals surface area contributed by atoms with Crippen LogP contribution in [0.5, 0.6) is 0 Å². The first-order chi connectivity index (χ1) is 14.7. The van der Waals surface area contributed by atoms with Gasteiger partial charge in [-0.15, -0.1) is 0 Å². The molecule has 0 spiro atoms. The van der Waals surface area contributed by atoms with Gasteiger partial charge in [0.05, 0.1) is 0 Å². The number of carbonyl (C=O) groups is 1. The molecule has 0 bridgehead atoms. The Bertz CT molecular complexity index is 933. The van der Waals surface area contributed by atoms with E-state index < -0.39 is 0 Å². The minimum Gasteiger partial charge on any atom is -0.357 e. The van der Waals surface area contributed by atoms with E-state index in [0.29, 0.717) is 38.0 Å². The standard InChI is InChI=1S/C22H27FN6O/c1-2-24-22(26-14-20(30)29-13-9-16-6-3-4-8-19(16)29)27-17-10-12-28(15-17)21-18(23)7-5-11-25-21/h3-8,11,17H,2,9-10,12-15H2,1H3,(H2,24,26,27). The zero-order valence-electron chi connectivity index (χ0n) is 17.1. The van der Waals surface area contributed by atoms with Crippen molar-refractivity contribution in [1.82, 2.24) is 15.6 Å². The Morgan fingerprint density at radius 1 is 1.27 bits per heavy atom. The number of nitrogens with zero attached hydrogens (tertiary/aromatic N) is 4. The van der Waals surface area contributed by atoms with Crippen LogP contribution in [0.2, 0.25) is 0 Å². The number of para-hydroxylation sites is 1. The summed E-state index contributed by atoms with van der Waals surface area (Å²) < 4.78 is 14.0. The first kappa shape index (κ1) is 20.1. The van der Waals surface area contributed by atoms with Crippen LogP contribution in [-0.4, -0.2) is 55.6 Å². The molecule has 1 aromatic heterocycles. The Balaban J connectivity index is 1.37. The zero-order valence-corrected chi connectivity index (χ0v) is 17.1. The van der Waals surface area contributed by atoms with E-state index in [1.54, 1.807) is 12.3 Å². The molecule has 1 atom stereocenters. The molecule has 1 saturated heterocycles. The maximum Gasteiger partial charge on any atom is 0.248 e. The number of benzene rings is 1. The van der Waals surface area contributed by atoms with Crippen molar-refractivity contribution >= 4 is 23.4 Å². The van der Waals surface area contributed by atoms with Gasteiger partial charge in [0.2, 0.25) is 5.91 Å². The summed E-state index contributed by atoms with van der Waals surface area (Å²) >= 11 is 0. The Morgan fingerprint density at radius 2 is 2.13 bits per heavy atom. The van der Waals surface area contributed by atoms with Gasteiger partial charge in [0, 0.05) is 44.1 Å². The lowest BCUT2D eigenvalue weighted by Crippen LogP contribution is -2.45. The molecule has 2 aliphatic rings. The summed E-state index contributed by atoms with van der Waals surface area (Å²) in [5, 5.41) is 6.58. The lowest BCUT2D eigenvalue weighted by Gasteiger charge is -2.20. The highest BCUT2D eigenvalue weighted by Crippen LogP contribution is 2.27. The van der Waals surface area contributed by atoms with E-state index in [0.717, 1.165) is 18.5 Å². The predicted octanol–water partition coefficient (Wildman–Crippen LogP) is 1.94. The number of aromatic nitrogens is 1. The number of halogens is 1. The third-order valence-corrected chi connectivity index (χ3v) is 5.47. The molecule has 4 rings (SSSR count). The number of carbonyl (C=O) groups excluding carboxylic acids is 1. The molecule has 2 aromatic rings. The monoisotopic (exact) mass is 410 g/mol. The predicted molar refractivity (Wildman–Crippen MR) is 116 cm³/mol. The molecular weight excluding hydrogens is 383 g/mol. The van der Waals surface area contributed by atoms with E-state index >= 15 is 0 Å². The van der Waals surface area contributed by atoms with Crippen LogP contribution in [-0.2, 0) is 11.2 Å². The van der Waals surface area contributed by atoms with Gasteiger partial charge >= 0.3 is 0 Å². The van der Waals surface area contributed by atoms with Gasteiger partial charge in [0.1, 0.15) is 6.54 Å². The van der Waals surface area contributed by atoms with Gasteiger partial charge in [-0.2, -0.15) is 0 Å². The second kappa shape index (κ2) is 9.11. The fourth-order valence-electron chi connectivity index (χ4n) is 4.02. The number of hydrogen-bond acceptors (Lipinski definition) is 4. The van der Waals surface area contributed by atoms with Crippen LogP contribution in [0.25, 0.3) is 0 Å². The normalized spacial score (nSPS) is 18.5. The second-order valence-corrected chi connectivity index (χ2v) is 7.50. The van der Waals surface area contributed by atoms with Gasteiger partial charge in [0.15, 0.2) is 17.6 Å². The van der Waals surface area contributed by atoms with Gasteiger partial charge in [0.25, 0.3) is 0 Å². The minimum absolute atomic E-state index is 0.0132. The van der Waals surface area contributed by atoms with Crippen molar-refractivity contribution < 1.29 is 9.18 Å². The van der Waals surface area contributed by atoms with Gasteiger partial charge in [-0.05, 0) is 43.5 Å². The molecule has 30 heavy (non-hydrogen) atoms. The van der Waals surface area contributed by atoms with Crippen LogP contribution in [0.1, 0.15) is 18.9 Å². The van der Waals surface area contributed by atoms with E-state index in [-0.39, 0.29) is 24.3 Å². The van der Waals surface area contributed by atoms with Crippen molar-refractivity contribution in [2.75, 3.05) is 42.5 Å². The fraction of sp³-hybridized carbons (Fsp3) is 0.409. The molecule has 8 heteroatoms. The number of nitrogens with one attached hydrogen (secondary N) is 2. The van der Waals surface area contributed by atoms with Gasteiger partial charge in [-0.25, -0.2) is 14.4 Å². The van der Waals surface area contributed by atoms with E-state index in [4.69, 9.17) is 0 Å². The Morgan fingerprint density at radius 3 is 2.97 bits per heavy atom. The van der Waals surface area contributed by atoms with Crippen molar-refractivity contribution in [3.63, 3.8) is 0 Å². The van der Waals surface area contributed by atoms with Crippen molar-refractivity contribution in [3.8, 4) is 0 Å². The molecule has 3 heterocycles. The topological polar surface area (TPSA) is 72.9 Å². The van der Waals surface area contributed by atoms with Crippen LogP contribution in [0.15, 0.2) is 47.6 Å². The number of fused-ring (bicyclic) bond motifs is 1. The lowest BCUT2D eigenvalue weighted by molar-refractivity contribution is -0.117. The van der Waals surface area contributed by atoms with Gasteiger partial charge in [-0.3, -0.25) is 4.79 Å². The highest BCUT2D eigenvalue weighted by molar-refractivity contribution is 5.98. The van der Waals surface area contributed by atoms with Gasteiger partial charge in [-0.1, -0.05) is 18.2 Å². The van der Waals surface area contributed by atoms with E-state index in [1.807, 2.05) is 34.9 Å². The first-order valence-corrected chi connectivity index (χ1v) is 10.4. The molecule has 0 saturated carbocycles. The summed E-state index contributed by atoms with van der Waals surface area (Å²) in [6, 6.07) is 11.1. The highest BCUT2D eigenvalue weighted by atomic mass is 19.1. The first-order valence-electron chi connectivity index (χ1n) is 10.4. The number of aliphatic imine (C=N–C) groups is 1. The average Bonchev–Trinajstić information content (AvgIpc) is 3.39. The molecular formula is C22H27FN6O. The number of amides is 1. The van der Waals surface area contributed by atoms with Crippen LogP contribution in [0.4, 0.5) is 15.9 Å². The summed E-state index contributed by atoms with van der Waals surface area (Å²) in [7, 11) is 0. The molecule has 2 N–H and O–H groups in total. The summed E-state index contributed by atoms with van der Waals surface area (Å²) in [5.74, 6) is 0.661. The molecule has 7 nitrogen and oxygen atoms in total. The number of rotatable bonds is 5. The van der Waals surface area contributed by atoms with E-state index in [9.17, 15) is 9.18 Å². The molecule has 2 aliphatic heterocycles. The molecule has 0 aliphatic carbocycles. The summed E-state index contributed by atoms with van der Waals surface area (Å²) in [5.41, 5.74) is 2.19. The summed E-state index contributed by atoms with van der Waals surface area (Å²) in [4.78, 5) is 25.1. The highest BCUT2D eigenvalue weighted by Gasteiger charge is 2.27. The van der Waals surface area contributed by atoms with Crippen LogP contribution >= 0.6 is 0 Å². The van der Waals surface area contributed by atoms with Crippen molar-refractivity contribution in [1.29, 1.82) is 0 Å². The maximum absolute atomic E-state index is 14.0. The maximum atomic E-state index is 14.0. The number of guanidine groups is 1. The third kappa shape index (κ3) is 4.37. The van der Waals surface area contributed by atoms with Gasteiger partial charge < -0.3 is 20.4 Å². The second-order valence-electron chi connectivity index (χ2n) is 7.50. The van der Waals surface area contributed by atoms with Crippen molar-refractivity contribution in [2.24, 2.45) is 4.99 Å². The average molecular weight is 410 g/mol. The largest absolute Gasteiger partial charge is 0.357 e. The Labute approximate surface area is 176 Å². The zero-order chi connectivity index (χ0) is 20.9. The Kier molecular flexibility index (Phi) is 6.11. The van der Waals surface area contributed by atoms with E-state index in [2.05, 4.69) is 26.7 Å².